The molecular formula is C15H19N3O2. The number of anilines is 1. The zero-order chi connectivity index (χ0) is 14.7. The molecule has 0 saturated carbocycles. The van der Waals surface area contributed by atoms with Gasteiger partial charge in [-0.2, -0.15) is 0 Å². The van der Waals surface area contributed by atoms with E-state index in [1.165, 1.54) is 0 Å². The molecule has 1 unspecified atom stereocenters. The fourth-order valence-electron chi connectivity index (χ4n) is 2.35. The van der Waals surface area contributed by atoms with E-state index in [4.69, 9.17) is 4.52 Å². The van der Waals surface area contributed by atoms with Gasteiger partial charge in [0.15, 0.2) is 0 Å². The zero-order valence-corrected chi connectivity index (χ0v) is 12.2. The average molecular weight is 273 g/mol. The van der Waals surface area contributed by atoms with E-state index < -0.39 is 0 Å². The summed E-state index contributed by atoms with van der Waals surface area (Å²) < 4.78 is 5.13. The highest BCUT2D eigenvalue weighted by Gasteiger charge is 2.19. The number of carbonyl (C=O) groups is 1. The summed E-state index contributed by atoms with van der Waals surface area (Å²) in [5.74, 6) is 0.611. The van der Waals surface area contributed by atoms with Crippen LogP contribution < -0.4 is 10.6 Å². The summed E-state index contributed by atoms with van der Waals surface area (Å²) >= 11 is 0. The van der Waals surface area contributed by atoms with Crippen LogP contribution in [0.4, 0.5) is 5.69 Å². The highest BCUT2D eigenvalue weighted by atomic mass is 16.5. The van der Waals surface area contributed by atoms with Crippen molar-refractivity contribution in [3.05, 3.63) is 46.8 Å². The molecule has 1 aromatic carbocycles. The molecule has 1 amide bonds. The maximum Gasteiger partial charge on any atom is 0.253 e. The van der Waals surface area contributed by atoms with E-state index in [0.29, 0.717) is 5.56 Å². The predicted molar refractivity (Wildman–Crippen MR) is 77.8 cm³/mol. The van der Waals surface area contributed by atoms with Crippen molar-refractivity contribution in [1.29, 1.82) is 0 Å². The Morgan fingerprint density at radius 2 is 2.00 bits per heavy atom. The molecule has 0 bridgehead atoms. The topological polar surface area (TPSA) is 67.2 Å². The first-order valence-corrected chi connectivity index (χ1v) is 6.55. The molecule has 0 radical (unpaired) electrons. The first-order valence-electron chi connectivity index (χ1n) is 6.55. The number of nitrogens with one attached hydrogen (secondary N) is 2. The number of hydrogen-bond donors (Lipinski definition) is 2. The first kappa shape index (κ1) is 14.1. The molecule has 1 atom stereocenters. The summed E-state index contributed by atoms with van der Waals surface area (Å²) in [6.07, 6.45) is 0. The Labute approximate surface area is 118 Å². The SMILES string of the molecule is CNc1ccccc1C(=O)NC(C)c1c(C)noc1C. The van der Waals surface area contributed by atoms with Crippen molar-refractivity contribution in [2.75, 3.05) is 12.4 Å². The van der Waals surface area contributed by atoms with E-state index in [1.54, 1.807) is 13.1 Å². The van der Waals surface area contributed by atoms with E-state index >= 15 is 0 Å². The maximum atomic E-state index is 12.4. The monoisotopic (exact) mass is 273 g/mol. The minimum absolute atomic E-state index is 0.123. The molecule has 5 nitrogen and oxygen atoms in total. The van der Waals surface area contributed by atoms with Gasteiger partial charge in [0.2, 0.25) is 0 Å². The van der Waals surface area contributed by atoms with Crippen LogP contribution in [0.25, 0.3) is 0 Å². The molecule has 0 fully saturated rings. The second-order valence-electron chi connectivity index (χ2n) is 4.73. The maximum absolute atomic E-state index is 12.4. The number of carbonyl (C=O) groups excluding carboxylic acids is 1. The molecule has 0 aliphatic rings. The van der Waals surface area contributed by atoms with Gasteiger partial charge in [-0.15, -0.1) is 0 Å². The van der Waals surface area contributed by atoms with Gasteiger partial charge in [0.05, 0.1) is 17.3 Å². The minimum atomic E-state index is -0.154. The lowest BCUT2D eigenvalue weighted by Crippen LogP contribution is -2.27. The first-order chi connectivity index (χ1) is 9.54. The van der Waals surface area contributed by atoms with Gasteiger partial charge in [0.25, 0.3) is 5.91 Å². The Bertz CT molecular complexity index is 600. The van der Waals surface area contributed by atoms with Crippen molar-refractivity contribution < 1.29 is 9.32 Å². The Morgan fingerprint density at radius 3 is 2.60 bits per heavy atom. The van der Waals surface area contributed by atoms with Crippen LogP contribution in [-0.4, -0.2) is 18.1 Å². The predicted octanol–water partition coefficient (Wildman–Crippen LogP) is 2.82. The van der Waals surface area contributed by atoms with E-state index in [1.807, 2.05) is 39.0 Å². The van der Waals surface area contributed by atoms with Crippen LogP contribution in [-0.2, 0) is 0 Å². The molecular weight excluding hydrogens is 254 g/mol. The van der Waals surface area contributed by atoms with Gasteiger partial charge in [-0.05, 0) is 32.9 Å². The van der Waals surface area contributed by atoms with Crippen LogP contribution in [0.15, 0.2) is 28.8 Å². The number of para-hydroxylation sites is 1. The van der Waals surface area contributed by atoms with Gasteiger partial charge < -0.3 is 15.2 Å². The fourth-order valence-corrected chi connectivity index (χ4v) is 2.35. The standard InChI is InChI=1S/C15H19N3O2/c1-9(14-10(2)18-20-11(14)3)17-15(19)12-7-5-6-8-13(12)16-4/h5-9,16H,1-4H3,(H,17,19). The van der Waals surface area contributed by atoms with Crippen LogP contribution in [0, 0.1) is 13.8 Å². The number of hydrogen-bond acceptors (Lipinski definition) is 4. The number of amides is 1. The van der Waals surface area contributed by atoms with Crippen LogP contribution in [0.3, 0.4) is 0 Å². The van der Waals surface area contributed by atoms with E-state index in [9.17, 15) is 4.79 Å². The molecule has 0 saturated heterocycles. The van der Waals surface area contributed by atoms with E-state index in [0.717, 1.165) is 22.7 Å². The average Bonchev–Trinajstić information content (AvgIpc) is 2.78. The van der Waals surface area contributed by atoms with Gasteiger partial charge in [-0.3, -0.25) is 4.79 Å². The van der Waals surface area contributed by atoms with E-state index in [-0.39, 0.29) is 11.9 Å². The Kier molecular flexibility index (Phi) is 4.08. The number of benzene rings is 1. The summed E-state index contributed by atoms with van der Waals surface area (Å²) in [5, 5.41) is 9.90. The van der Waals surface area contributed by atoms with Crippen LogP contribution in [0.2, 0.25) is 0 Å². The molecule has 5 heteroatoms. The van der Waals surface area contributed by atoms with Crippen molar-refractivity contribution in [3.8, 4) is 0 Å². The van der Waals surface area contributed by atoms with Crippen LogP contribution >= 0.6 is 0 Å². The molecule has 1 heterocycles. The third-order valence-electron chi connectivity index (χ3n) is 3.31. The van der Waals surface area contributed by atoms with Gasteiger partial charge in [0, 0.05) is 18.3 Å². The lowest BCUT2D eigenvalue weighted by molar-refractivity contribution is 0.0940. The highest BCUT2D eigenvalue weighted by molar-refractivity contribution is 5.99. The summed E-state index contributed by atoms with van der Waals surface area (Å²) in [5.41, 5.74) is 3.15. The highest BCUT2D eigenvalue weighted by Crippen LogP contribution is 2.22. The molecule has 1 aromatic heterocycles. The number of nitrogens with zero attached hydrogens (tertiary/aromatic N) is 1. The number of aryl methyl sites for hydroxylation is 2. The Hall–Kier alpha value is -2.30. The van der Waals surface area contributed by atoms with Crippen molar-refractivity contribution in [1.82, 2.24) is 10.5 Å². The van der Waals surface area contributed by atoms with Gasteiger partial charge >= 0.3 is 0 Å². The van der Waals surface area contributed by atoms with Gasteiger partial charge in [-0.1, -0.05) is 17.3 Å². The Morgan fingerprint density at radius 1 is 1.30 bits per heavy atom. The largest absolute Gasteiger partial charge is 0.387 e. The smallest absolute Gasteiger partial charge is 0.253 e. The van der Waals surface area contributed by atoms with Crippen molar-refractivity contribution in [3.63, 3.8) is 0 Å². The van der Waals surface area contributed by atoms with Crippen LogP contribution in [0.1, 0.15) is 40.3 Å². The second-order valence-corrected chi connectivity index (χ2v) is 4.73. The molecule has 106 valence electrons. The normalized spacial score (nSPS) is 12.0. The fraction of sp³-hybridized carbons (Fsp3) is 0.333. The third-order valence-corrected chi connectivity index (χ3v) is 3.31. The molecule has 20 heavy (non-hydrogen) atoms. The zero-order valence-electron chi connectivity index (χ0n) is 12.2. The number of aromatic nitrogens is 1. The Balaban J connectivity index is 2.20. The summed E-state index contributed by atoms with van der Waals surface area (Å²) in [6, 6.07) is 7.24. The molecule has 2 rings (SSSR count). The molecule has 2 aromatic rings. The summed E-state index contributed by atoms with van der Waals surface area (Å²) in [6.45, 7) is 5.64. The van der Waals surface area contributed by atoms with Crippen molar-refractivity contribution >= 4 is 11.6 Å². The second kappa shape index (κ2) is 5.77. The van der Waals surface area contributed by atoms with Crippen LogP contribution in [0.5, 0.6) is 0 Å². The number of rotatable bonds is 4. The van der Waals surface area contributed by atoms with Gasteiger partial charge in [0.1, 0.15) is 5.76 Å². The quantitative estimate of drug-likeness (QED) is 0.899. The minimum Gasteiger partial charge on any atom is -0.387 e. The third kappa shape index (κ3) is 2.66. The molecule has 0 aliphatic carbocycles. The summed E-state index contributed by atoms with van der Waals surface area (Å²) in [7, 11) is 1.80. The molecule has 2 N–H and O–H groups in total. The van der Waals surface area contributed by atoms with E-state index in [2.05, 4.69) is 15.8 Å². The summed E-state index contributed by atoms with van der Waals surface area (Å²) in [4.78, 5) is 12.4. The lowest BCUT2D eigenvalue weighted by atomic mass is 10.1. The van der Waals surface area contributed by atoms with Gasteiger partial charge in [-0.25, -0.2) is 0 Å². The molecule has 0 aliphatic heterocycles. The lowest BCUT2D eigenvalue weighted by Gasteiger charge is -2.15. The van der Waals surface area contributed by atoms with Crippen molar-refractivity contribution in [2.24, 2.45) is 0 Å². The molecule has 0 spiro atoms. The van der Waals surface area contributed by atoms with Crippen molar-refractivity contribution in [2.45, 2.75) is 26.8 Å².